The third kappa shape index (κ3) is 8.32. The van der Waals surface area contributed by atoms with Crippen molar-refractivity contribution in [3.8, 4) is 11.5 Å². The van der Waals surface area contributed by atoms with E-state index >= 15 is 0 Å². The van der Waals surface area contributed by atoms with E-state index in [2.05, 4.69) is 20.0 Å². The maximum absolute atomic E-state index is 12.2. The summed E-state index contributed by atoms with van der Waals surface area (Å²) in [6, 6.07) is 10.5. The van der Waals surface area contributed by atoms with Crippen molar-refractivity contribution in [2.24, 2.45) is 4.99 Å². The average Bonchev–Trinajstić information content (AvgIpc) is 2.74. The summed E-state index contributed by atoms with van der Waals surface area (Å²) in [5, 5.41) is 3.12. The Labute approximate surface area is 195 Å². The van der Waals surface area contributed by atoms with E-state index in [1.807, 2.05) is 36.2 Å². The summed E-state index contributed by atoms with van der Waals surface area (Å²) in [5.41, 5.74) is 0. The van der Waals surface area contributed by atoms with Crippen LogP contribution in [0.3, 0.4) is 0 Å². The Morgan fingerprint density at radius 3 is 2.47 bits per heavy atom. The lowest BCUT2D eigenvalue weighted by molar-refractivity contribution is 0.281. The molecule has 30 heavy (non-hydrogen) atoms. The van der Waals surface area contributed by atoms with Crippen molar-refractivity contribution in [2.75, 3.05) is 47.4 Å². The summed E-state index contributed by atoms with van der Waals surface area (Å²) in [4.78, 5) is 10.1. The molecule has 0 radical (unpaired) electrons. The van der Waals surface area contributed by atoms with Crippen LogP contribution in [-0.2, 0) is 10.0 Å². The molecule has 0 bridgehead atoms. The first-order valence-electron chi connectivity index (χ1n) is 9.04. The van der Waals surface area contributed by atoms with Crippen LogP contribution in [0.2, 0.25) is 0 Å². The van der Waals surface area contributed by atoms with E-state index in [9.17, 15) is 8.42 Å². The molecular formula is C19H28IN5O4S. The van der Waals surface area contributed by atoms with Gasteiger partial charge in [0.1, 0.15) is 23.0 Å². The lowest BCUT2D eigenvalue weighted by Crippen LogP contribution is -2.43. The zero-order chi connectivity index (χ0) is 21.1. The van der Waals surface area contributed by atoms with Gasteiger partial charge in [0.15, 0.2) is 5.96 Å². The predicted octanol–water partition coefficient (Wildman–Crippen LogP) is 1.57. The van der Waals surface area contributed by atoms with Gasteiger partial charge in [-0.1, -0.05) is 0 Å². The van der Waals surface area contributed by atoms with Crippen molar-refractivity contribution < 1.29 is 17.9 Å². The number of hydrogen-bond acceptors (Lipinski definition) is 6. The van der Waals surface area contributed by atoms with Crippen LogP contribution in [0.4, 0.5) is 0 Å². The number of guanidine groups is 1. The number of aromatic nitrogens is 1. The Hall–Kier alpha value is -2.12. The number of rotatable bonds is 10. The summed E-state index contributed by atoms with van der Waals surface area (Å²) < 4.78 is 37.7. The zero-order valence-electron chi connectivity index (χ0n) is 17.2. The van der Waals surface area contributed by atoms with Gasteiger partial charge in [-0.3, -0.25) is 9.98 Å². The standard InChI is InChI=1S/C19H27N5O4S.HI/c1-20-19(22-11-12-23-29(25,26)18-5-4-10-21-15-18)24(2)13-14-28-17-8-6-16(27-3)7-9-17;/h4-10,15,23H,11-14H2,1-3H3,(H,20,22);1H. The Morgan fingerprint density at radius 2 is 1.87 bits per heavy atom. The number of hydrogen-bond donors (Lipinski definition) is 2. The molecule has 2 aromatic rings. The van der Waals surface area contributed by atoms with Crippen molar-refractivity contribution in [3.63, 3.8) is 0 Å². The van der Waals surface area contributed by atoms with Crippen LogP contribution in [0.1, 0.15) is 0 Å². The van der Waals surface area contributed by atoms with Gasteiger partial charge < -0.3 is 19.7 Å². The highest BCUT2D eigenvalue weighted by molar-refractivity contribution is 14.0. The highest BCUT2D eigenvalue weighted by Crippen LogP contribution is 2.16. The molecule has 2 N–H and O–H groups in total. The van der Waals surface area contributed by atoms with E-state index in [1.165, 1.54) is 18.5 Å². The van der Waals surface area contributed by atoms with Crippen LogP contribution in [0.5, 0.6) is 11.5 Å². The lowest BCUT2D eigenvalue weighted by atomic mass is 10.3. The molecule has 0 saturated heterocycles. The third-order valence-corrected chi connectivity index (χ3v) is 5.42. The van der Waals surface area contributed by atoms with E-state index in [-0.39, 0.29) is 35.4 Å². The highest BCUT2D eigenvalue weighted by atomic mass is 127. The van der Waals surface area contributed by atoms with Gasteiger partial charge in [-0.2, -0.15) is 0 Å². The van der Waals surface area contributed by atoms with Gasteiger partial charge in [-0.05, 0) is 36.4 Å². The van der Waals surface area contributed by atoms with E-state index in [4.69, 9.17) is 9.47 Å². The summed E-state index contributed by atoms with van der Waals surface area (Å²) in [7, 11) is 1.60. The SMILES string of the molecule is CN=C(NCCNS(=O)(=O)c1cccnc1)N(C)CCOc1ccc(OC)cc1.I. The number of likely N-dealkylation sites (N-methyl/N-ethyl adjacent to an activating group) is 1. The number of halogens is 1. The van der Waals surface area contributed by atoms with Crippen molar-refractivity contribution >= 4 is 40.0 Å². The van der Waals surface area contributed by atoms with Gasteiger partial charge in [0, 0.05) is 39.6 Å². The van der Waals surface area contributed by atoms with Gasteiger partial charge in [0.25, 0.3) is 0 Å². The Bertz CT molecular complexity index is 880. The molecule has 0 amide bonds. The van der Waals surface area contributed by atoms with E-state index < -0.39 is 10.0 Å². The molecule has 1 aromatic heterocycles. The molecule has 1 aromatic carbocycles. The molecule has 0 aliphatic heterocycles. The molecule has 0 aliphatic carbocycles. The van der Waals surface area contributed by atoms with Crippen LogP contribution in [0.15, 0.2) is 58.7 Å². The molecule has 0 aliphatic rings. The quantitative estimate of drug-likeness (QED) is 0.201. The Morgan fingerprint density at radius 1 is 1.17 bits per heavy atom. The first-order chi connectivity index (χ1) is 14.0. The Balaban J connectivity index is 0.00000450. The number of sulfonamides is 1. The van der Waals surface area contributed by atoms with Crippen molar-refractivity contribution in [1.29, 1.82) is 0 Å². The average molecular weight is 549 g/mol. The minimum atomic E-state index is -3.57. The maximum Gasteiger partial charge on any atom is 0.242 e. The molecule has 11 heteroatoms. The van der Waals surface area contributed by atoms with Crippen molar-refractivity contribution in [3.05, 3.63) is 48.8 Å². The fourth-order valence-corrected chi connectivity index (χ4v) is 3.41. The number of nitrogens with one attached hydrogen (secondary N) is 2. The minimum absolute atomic E-state index is 0. The molecule has 166 valence electrons. The van der Waals surface area contributed by atoms with E-state index in [1.54, 1.807) is 20.2 Å². The first-order valence-corrected chi connectivity index (χ1v) is 10.5. The summed E-state index contributed by atoms with van der Waals surface area (Å²) >= 11 is 0. The summed E-state index contributed by atoms with van der Waals surface area (Å²) in [6.45, 7) is 1.67. The molecule has 0 fully saturated rings. The van der Waals surface area contributed by atoms with Gasteiger partial charge in [0.2, 0.25) is 10.0 Å². The molecule has 0 spiro atoms. The molecule has 0 unspecified atom stereocenters. The first kappa shape index (κ1) is 25.9. The summed E-state index contributed by atoms with van der Waals surface area (Å²) in [6.07, 6.45) is 2.84. The minimum Gasteiger partial charge on any atom is -0.497 e. The fraction of sp³-hybridized carbons (Fsp3) is 0.368. The number of pyridine rings is 1. The number of ether oxygens (including phenoxy) is 2. The number of benzene rings is 1. The Kier molecular flexibility index (Phi) is 11.4. The second-order valence-corrected chi connectivity index (χ2v) is 7.77. The molecule has 0 saturated carbocycles. The van der Waals surface area contributed by atoms with Crippen LogP contribution in [0.25, 0.3) is 0 Å². The van der Waals surface area contributed by atoms with E-state index in [0.29, 0.717) is 25.7 Å². The second kappa shape index (κ2) is 13.2. The van der Waals surface area contributed by atoms with Crippen LogP contribution in [0, 0.1) is 0 Å². The molecule has 0 atom stereocenters. The van der Waals surface area contributed by atoms with E-state index in [0.717, 1.165) is 11.5 Å². The highest BCUT2D eigenvalue weighted by Gasteiger charge is 2.13. The zero-order valence-corrected chi connectivity index (χ0v) is 20.4. The van der Waals surface area contributed by atoms with Crippen LogP contribution >= 0.6 is 24.0 Å². The van der Waals surface area contributed by atoms with Gasteiger partial charge >= 0.3 is 0 Å². The van der Waals surface area contributed by atoms with Crippen molar-refractivity contribution in [2.45, 2.75) is 4.90 Å². The molecule has 9 nitrogen and oxygen atoms in total. The second-order valence-electron chi connectivity index (χ2n) is 6.01. The topological polar surface area (TPSA) is 105 Å². The maximum atomic E-state index is 12.2. The predicted molar refractivity (Wildman–Crippen MR) is 127 cm³/mol. The van der Waals surface area contributed by atoms with Crippen LogP contribution < -0.4 is 19.5 Å². The fourth-order valence-electron chi connectivity index (χ4n) is 2.41. The number of aliphatic imine (C=N–C) groups is 1. The van der Waals surface area contributed by atoms with Gasteiger partial charge in [-0.15, -0.1) is 24.0 Å². The summed E-state index contributed by atoms with van der Waals surface area (Å²) in [5.74, 6) is 2.18. The largest absolute Gasteiger partial charge is 0.497 e. The van der Waals surface area contributed by atoms with Crippen LogP contribution in [-0.4, -0.2) is 71.7 Å². The smallest absolute Gasteiger partial charge is 0.242 e. The van der Waals surface area contributed by atoms with Gasteiger partial charge in [0.05, 0.1) is 13.7 Å². The molecule has 1 heterocycles. The number of methoxy groups -OCH3 is 1. The van der Waals surface area contributed by atoms with Gasteiger partial charge in [-0.25, -0.2) is 13.1 Å². The van der Waals surface area contributed by atoms with Crippen molar-refractivity contribution in [1.82, 2.24) is 19.9 Å². The molecular weight excluding hydrogens is 521 g/mol. The lowest BCUT2D eigenvalue weighted by Gasteiger charge is -2.22. The third-order valence-electron chi connectivity index (χ3n) is 3.97. The monoisotopic (exact) mass is 549 g/mol. The molecule has 2 rings (SSSR count). The number of nitrogens with zero attached hydrogens (tertiary/aromatic N) is 3. The normalized spacial score (nSPS) is 11.4.